The van der Waals surface area contributed by atoms with Gasteiger partial charge in [0.1, 0.15) is 0 Å². The number of carboxylic acids is 1. The zero-order chi connectivity index (χ0) is 16.0. The summed E-state index contributed by atoms with van der Waals surface area (Å²) in [6.45, 7) is 2.46. The highest BCUT2D eigenvalue weighted by atomic mass is 16.6. The van der Waals surface area contributed by atoms with E-state index in [1.807, 2.05) is 18.9 Å². The average molecular weight is 294 g/mol. The first-order chi connectivity index (χ1) is 9.86. The molecule has 1 N–H and O–H groups in total. The van der Waals surface area contributed by atoms with Gasteiger partial charge in [-0.3, -0.25) is 10.1 Å². The molecule has 0 saturated heterocycles. The molecule has 1 atom stereocenters. The maximum atomic E-state index is 11.0. The molecule has 0 saturated carbocycles. The standard InChI is InChI=1S/C14H18N2O5/c1-10(9-21-3)15(2)12-5-6-13(16(19)20)11(8-12)4-7-14(17)18/h4-8,10H,9H2,1-3H3,(H,17,18)/b7-4+. The van der Waals surface area contributed by atoms with Gasteiger partial charge < -0.3 is 14.7 Å². The maximum Gasteiger partial charge on any atom is 0.328 e. The molecule has 0 bridgehead atoms. The molecule has 0 heterocycles. The van der Waals surface area contributed by atoms with Crippen LogP contribution in [0.4, 0.5) is 11.4 Å². The Kier molecular flexibility index (Phi) is 5.86. The second-order valence-corrected chi connectivity index (χ2v) is 4.59. The monoisotopic (exact) mass is 294 g/mol. The summed E-state index contributed by atoms with van der Waals surface area (Å²) in [6.07, 6.45) is 2.10. The number of hydrogen-bond donors (Lipinski definition) is 1. The summed E-state index contributed by atoms with van der Waals surface area (Å²) in [6, 6.07) is 4.66. The highest BCUT2D eigenvalue weighted by Crippen LogP contribution is 2.26. The molecule has 0 aromatic heterocycles. The van der Waals surface area contributed by atoms with Gasteiger partial charge in [0.15, 0.2) is 0 Å². The summed E-state index contributed by atoms with van der Waals surface area (Å²) < 4.78 is 5.08. The van der Waals surface area contributed by atoms with Gasteiger partial charge in [-0.1, -0.05) is 0 Å². The Morgan fingerprint density at radius 2 is 2.24 bits per heavy atom. The number of benzene rings is 1. The van der Waals surface area contributed by atoms with Crippen LogP contribution in [0.25, 0.3) is 6.08 Å². The van der Waals surface area contributed by atoms with Gasteiger partial charge in [-0.05, 0) is 25.1 Å². The van der Waals surface area contributed by atoms with Crippen LogP contribution in [-0.2, 0) is 9.53 Å². The van der Waals surface area contributed by atoms with Crippen molar-refractivity contribution in [1.29, 1.82) is 0 Å². The first kappa shape index (κ1) is 16.6. The van der Waals surface area contributed by atoms with Crippen LogP contribution < -0.4 is 4.90 Å². The Labute approximate surface area is 122 Å². The van der Waals surface area contributed by atoms with Crippen molar-refractivity contribution in [3.8, 4) is 0 Å². The summed E-state index contributed by atoms with van der Waals surface area (Å²) in [5.41, 5.74) is 0.857. The van der Waals surface area contributed by atoms with E-state index in [2.05, 4.69) is 0 Å². The van der Waals surface area contributed by atoms with E-state index in [-0.39, 0.29) is 17.3 Å². The van der Waals surface area contributed by atoms with Crippen molar-refractivity contribution in [1.82, 2.24) is 0 Å². The predicted octanol–water partition coefficient (Wildman–Crippen LogP) is 2.16. The third-order valence-electron chi connectivity index (χ3n) is 3.09. The molecular formula is C14H18N2O5. The van der Waals surface area contributed by atoms with E-state index in [0.717, 1.165) is 11.8 Å². The van der Waals surface area contributed by atoms with Crippen LogP contribution >= 0.6 is 0 Å². The lowest BCUT2D eigenvalue weighted by Gasteiger charge is -2.26. The highest BCUT2D eigenvalue weighted by Gasteiger charge is 2.16. The largest absolute Gasteiger partial charge is 0.478 e. The van der Waals surface area contributed by atoms with Crippen LogP contribution in [0.15, 0.2) is 24.3 Å². The van der Waals surface area contributed by atoms with E-state index >= 15 is 0 Å². The topological polar surface area (TPSA) is 92.9 Å². The fourth-order valence-corrected chi connectivity index (χ4v) is 1.83. The molecule has 21 heavy (non-hydrogen) atoms. The number of aliphatic carboxylic acids is 1. The fraction of sp³-hybridized carbons (Fsp3) is 0.357. The van der Waals surface area contributed by atoms with E-state index in [4.69, 9.17) is 9.84 Å². The number of carbonyl (C=O) groups is 1. The van der Waals surface area contributed by atoms with Gasteiger partial charge in [0.25, 0.3) is 5.69 Å². The van der Waals surface area contributed by atoms with E-state index in [0.29, 0.717) is 6.61 Å². The zero-order valence-electron chi connectivity index (χ0n) is 12.1. The molecule has 7 nitrogen and oxygen atoms in total. The number of nitrogens with zero attached hydrogens (tertiary/aromatic N) is 2. The number of rotatable bonds is 7. The molecule has 0 aliphatic heterocycles. The molecule has 0 fully saturated rings. The van der Waals surface area contributed by atoms with Crippen LogP contribution in [0, 0.1) is 10.1 Å². The van der Waals surface area contributed by atoms with Gasteiger partial charge in [0.2, 0.25) is 0 Å². The Bertz CT molecular complexity index is 556. The molecular weight excluding hydrogens is 276 g/mol. The lowest BCUT2D eigenvalue weighted by molar-refractivity contribution is -0.385. The van der Waals surface area contributed by atoms with Crippen molar-refractivity contribution in [3.05, 3.63) is 40.0 Å². The number of anilines is 1. The van der Waals surface area contributed by atoms with Crippen molar-refractivity contribution in [2.75, 3.05) is 25.7 Å². The number of methoxy groups -OCH3 is 1. The molecule has 0 amide bonds. The molecule has 7 heteroatoms. The van der Waals surface area contributed by atoms with Crippen LogP contribution in [0.2, 0.25) is 0 Å². The predicted molar refractivity (Wildman–Crippen MR) is 79.5 cm³/mol. The first-order valence-electron chi connectivity index (χ1n) is 6.28. The van der Waals surface area contributed by atoms with Gasteiger partial charge in [0.05, 0.1) is 17.1 Å². The SMILES string of the molecule is COCC(C)N(C)c1ccc([N+](=O)[O-])c(/C=C/C(=O)O)c1. The summed E-state index contributed by atoms with van der Waals surface area (Å²) in [7, 11) is 3.44. The Morgan fingerprint density at radius 1 is 1.57 bits per heavy atom. The summed E-state index contributed by atoms with van der Waals surface area (Å²) in [4.78, 5) is 22.9. The number of likely N-dealkylation sites (N-methyl/N-ethyl adjacent to an activating group) is 1. The Hall–Kier alpha value is -2.41. The summed E-state index contributed by atoms with van der Waals surface area (Å²) >= 11 is 0. The summed E-state index contributed by atoms with van der Waals surface area (Å²) in [5.74, 6) is -1.16. The highest BCUT2D eigenvalue weighted by molar-refractivity contribution is 5.86. The van der Waals surface area contributed by atoms with Crippen LogP contribution in [0.1, 0.15) is 12.5 Å². The van der Waals surface area contributed by atoms with Crippen LogP contribution in [0.5, 0.6) is 0 Å². The zero-order valence-corrected chi connectivity index (χ0v) is 12.1. The lowest BCUT2D eigenvalue weighted by atomic mass is 10.1. The number of nitro groups is 1. The molecule has 0 radical (unpaired) electrons. The van der Waals surface area contributed by atoms with E-state index in [1.54, 1.807) is 19.2 Å². The summed E-state index contributed by atoms with van der Waals surface area (Å²) in [5, 5.41) is 19.6. The number of ether oxygens (including phenoxy) is 1. The molecule has 1 unspecified atom stereocenters. The lowest BCUT2D eigenvalue weighted by Crippen LogP contribution is -2.32. The van der Waals surface area contributed by atoms with E-state index in [1.165, 1.54) is 12.1 Å². The number of nitro benzene ring substituents is 1. The van der Waals surface area contributed by atoms with E-state index < -0.39 is 10.9 Å². The minimum atomic E-state index is -1.16. The molecule has 1 aromatic rings. The smallest absolute Gasteiger partial charge is 0.328 e. The second-order valence-electron chi connectivity index (χ2n) is 4.59. The Morgan fingerprint density at radius 3 is 2.76 bits per heavy atom. The molecule has 1 rings (SSSR count). The van der Waals surface area contributed by atoms with Crippen molar-refractivity contribution < 1.29 is 19.6 Å². The molecule has 0 aliphatic rings. The molecule has 0 spiro atoms. The van der Waals surface area contributed by atoms with Crippen molar-refractivity contribution in [2.45, 2.75) is 13.0 Å². The van der Waals surface area contributed by atoms with Gasteiger partial charge in [-0.25, -0.2) is 4.79 Å². The van der Waals surface area contributed by atoms with Crippen molar-refractivity contribution >= 4 is 23.4 Å². The van der Waals surface area contributed by atoms with Gasteiger partial charge >= 0.3 is 5.97 Å². The molecule has 0 aliphatic carbocycles. The second kappa shape index (κ2) is 7.39. The van der Waals surface area contributed by atoms with Gasteiger partial charge in [0, 0.05) is 38.0 Å². The minimum Gasteiger partial charge on any atom is -0.478 e. The first-order valence-corrected chi connectivity index (χ1v) is 6.28. The minimum absolute atomic E-state index is 0.0766. The van der Waals surface area contributed by atoms with E-state index in [9.17, 15) is 14.9 Å². The maximum absolute atomic E-state index is 11.0. The molecule has 114 valence electrons. The van der Waals surface area contributed by atoms with Crippen molar-refractivity contribution in [2.24, 2.45) is 0 Å². The van der Waals surface area contributed by atoms with Crippen LogP contribution in [0.3, 0.4) is 0 Å². The average Bonchev–Trinajstić information content (AvgIpc) is 2.44. The number of hydrogen-bond acceptors (Lipinski definition) is 5. The third kappa shape index (κ3) is 4.57. The van der Waals surface area contributed by atoms with Gasteiger partial charge in [-0.2, -0.15) is 0 Å². The van der Waals surface area contributed by atoms with Gasteiger partial charge in [-0.15, -0.1) is 0 Å². The molecule has 1 aromatic carbocycles. The fourth-order valence-electron chi connectivity index (χ4n) is 1.83. The quantitative estimate of drug-likeness (QED) is 0.470. The third-order valence-corrected chi connectivity index (χ3v) is 3.09. The van der Waals surface area contributed by atoms with Crippen molar-refractivity contribution in [3.63, 3.8) is 0 Å². The normalized spacial score (nSPS) is 12.3. The Balaban J connectivity index is 3.17. The van der Waals surface area contributed by atoms with Crippen LogP contribution in [-0.4, -0.2) is 42.8 Å². The number of carboxylic acid groups (broad SMARTS) is 1.